The molecule has 1 saturated heterocycles. The average Bonchev–Trinajstić information content (AvgIpc) is 2.42. The molecule has 2 rings (SSSR count). The summed E-state index contributed by atoms with van der Waals surface area (Å²) in [5.74, 6) is 3.79. The van der Waals surface area contributed by atoms with Crippen LogP contribution in [-0.2, 0) is 4.79 Å². The van der Waals surface area contributed by atoms with Crippen molar-refractivity contribution in [1.29, 1.82) is 0 Å². The Morgan fingerprint density at radius 3 is 2.53 bits per heavy atom. The molecule has 1 aliphatic carbocycles. The molecule has 0 aromatic rings. The maximum absolute atomic E-state index is 11.9. The zero-order valence-electron chi connectivity index (χ0n) is 12.0. The largest absolute Gasteiger partial charge is 0.388 e. The third-order valence-electron chi connectivity index (χ3n) is 4.63. The molecule has 3 nitrogen and oxygen atoms in total. The zero-order chi connectivity index (χ0) is 13.7. The van der Waals surface area contributed by atoms with Crippen LogP contribution in [0.15, 0.2) is 0 Å². The van der Waals surface area contributed by atoms with Crippen molar-refractivity contribution in [3.05, 3.63) is 0 Å². The van der Waals surface area contributed by atoms with E-state index in [1.54, 1.807) is 0 Å². The molecule has 0 spiro atoms. The van der Waals surface area contributed by atoms with Gasteiger partial charge in [0, 0.05) is 13.0 Å². The Bertz CT molecular complexity index is 295. The second kappa shape index (κ2) is 6.98. The van der Waals surface area contributed by atoms with Gasteiger partial charge >= 0.3 is 0 Å². The molecule has 19 heavy (non-hydrogen) atoms. The monoisotopic (exact) mass is 285 g/mol. The first-order chi connectivity index (χ1) is 9.07. The summed E-state index contributed by atoms with van der Waals surface area (Å²) in [6.45, 7) is 2.68. The van der Waals surface area contributed by atoms with Crippen molar-refractivity contribution in [3.8, 4) is 0 Å². The van der Waals surface area contributed by atoms with E-state index in [2.05, 4.69) is 12.2 Å². The van der Waals surface area contributed by atoms with Crippen molar-refractivity contribution >= 4 is 17.7 Å². The molecule has 2 fully saturated rings. The van der Waals surface area contributed by atoms with E-state index >= 15 is 0 Å². The van der Waals surface area contributed by atoms with Gasteiger partial charge in [-0.25, -0.2) is 0 Å². The van der Waals surface area contributed by atoms with Gasteiger partial charge in [-0.3, -0.25) is 4.79 Å². The Hall–Kier alpha value is -0.220. The fourth-order valence-corrected chi connectivity index (χ4v) is 4.23. The zero-order valence-corrected chi connectivity index (χ0v) is 12.8. The average molecular weight is 285 g/mol. The molecule has 2 N–H and O–H groups in total. The highest BCUT2D eigenvalue weighted by Crippen LogP contribution is 2.31. The molecule has 0 aromatic carbocycles. The van der Waals surface area contributed by atoms with Crippen LogP contribution in [0, 0.1) is 11.8 Å². The minimum absolute atomic E-state index is 0.129. The standard InChI is InChI=1S/C15H27NO2S/c1-12-2-6-15(18,7-3-12)11-16-14(17)10-13-4-8-19-9-5-13/h12-13,18H,2-11H2,1H3,(H,16,17). The lowest BCUT2D eigenvalue weighted by atomic mass is 9.79. The summed E-state index contributed by atoms with van der Waals surface area (Å²) in [6.07, 6.45) is 6.79. The number of nitrogens with one attached hydrogen (secondary N) is 1. The first-order valence-electron chi connectivity index (χ1n) is 7.64. The first kappa shape index (κ1) is 15.2. The molecule has 110 valence electrons. The molecular weight excluding hydrogens is 258 g/mol. The van der Waals surface area contributed by atoms with E-state index < -0.39 is 5.60 Å². The summed E-state index contributed by atoms with van der Waals surface area (Å²) < 4.78 is 0. The first-order valence-corrected chi connectivity index (χ1v) is 8.80. The second-order valence-electron chi connectivity index (χ2n) is 6.44. The fourth-order valence-electron chi connectivity index (χ4n) is 3.02. The molecular formula is C15H27NO2S. The van der Waals surface area contributed by atoms with Crippen LogP contribution in [0.2, 0.25) is 0 Å². The van der Waals surface area contributed by atoms with E-state index in [1.807, 2.05) is 11.8 Å². The van der Waals surface area contributed by atoms with E-state index in [9.17, 15) is 9.90 Å². The molecule has 0 atom stereocenters. The van der Waals surface area contributed by atoms with Crippen molar-refractivity contribution in [2.75, 3.05) is 18.1 Å². The molecule has 1 saturated carbocycles. The molecule has 1 heterocycles. The molecule has 2 aliphatic rings. The number of rotatable bonds is 4. The number of carbonyl (C=O) groups excluding carboxylic acids is 1. The highest BCUT2D eigenvalue weighted by molar-refractivity contribution is 7.99. The number of hydrogen-bond acceptors (Lipinski definition) is 3. The Labute approximate surface area is 120 Å². The molecule has 0 bridgehead atoms. The normalized spacial score (nSPS) is 33.1. The Morgan fingerprint density at radius 1 is 1.26 bits per heavy atom. The van der Waals surface area contributed by atoms with Crippen LogP contribution in [0.25, 0.3) is 0 Å². The van der Waals surface area contributed by atoms with Gasteiger partial charge in [-0.1, -0.05) is 6.92 Å². The summed E-state index contributed by atoms with van der Waals surface area (Å²) in [4.78, 5) is 11.9. The van der Waals surface area contributed by atoms with Crippen molar-refractivity contribution in [2.45, 2.75) is 57.5 Å². The van der Waals surface area contributed by atoms with Gasteiger partial charge in [0.2, 0.25) is 5.91 Å². The Balaban J connectivity index is 1.67. The topological polar surface area (TPSA) is 49.3 Å². The predicted molar refractivity (Wildman–Crippen MR) is 80.3 cm³/mol. The Kier molecular flexibility index (Phi) is 5.58. The smallest absolute Gasteiger partial charge is 0.220 e. The lowest BCUT2D eigenvalue weighted by Gasteiger charge is -2.35. The molecule has 4 heteroatoms. The van der Waals surface area contributed by atoms with Crippen LogP contribution in [0.5, 0.6) is 0 Å². The summed E-state index contributed by atoms with van der Waals surface area (Å²) in [6, 6.07) is 0. The van der Waals surface area contributed by atoms with Gasteiger partial charge in [0.15, 0.2) is 0 Å². The number of thioether (sulfide) groups is 1. The SMILES string of the molecule is CC1CCC(O)(CNC(=O)CC2CCSCC2)CC1. The third-order valence-corrected chi connectivity index (χ3v) is 5.68. The van der Waals surface area contributed by atoms with Crippen LogP contribution in [-0.4, -0.2) is 34.7 Å². The van der Waals surface area contributed by atoms with Gasteiger partial charge in [-0.05, 0) is 61.9 Å². The molecule has 0 aromatic heterocycles. The quantitative estimate of drug-likeness (QED) is 0.834. The summed E-state index contributed by atoms with van der Waals surface area (Å²) >= 11 is 1.99. The summed E-state index contributed by atoms with van der Waals surface area (Å²) in [7, 11) is 0. The van der Waals surface area contributed by atoms with Gasteiger partial charge < -0.3 is 10.4 Å². The molecule has 0 unspecified atom stereocenters. The van der Waals surface area contributed by atoms with Crippen LogP contribution >= 0.6 is 11.8 Å². The van der Waals surface area contributed by atoms with Gasteiger partial charge in [0.25, 0.3) is 0 Å². The van der Waals surface area contributed by atoms with E-state index in [-0.39, 0.29) is 5.91 Å². The van der Waals surface area contributed by atoms with E-state index in [0.717, 1.165) is 31.6 Å². The maximum Gasteiger partial charge on any atom is 0.220 e. The fraction of sp³-hybridized carbons (Fsp3) is 0.933. The highest BCUT2D eigenvalue weighted by Gasteiger charge is 2.32. The van der Waals surface area contributed by atoms with Crippen molar-refractivity contribution < 1.29 is 9.90 Å². The number of aliphatic hydroxyl groups is 1. The van der Waals surface area contributed by atoms with Gasteiger partial charge in [-0.2, -0.15) is 11.8 Å². The molecule has 1 aliphatic heterocycles. The van der Waals surface area contributed by atoms with Gasteiger partial charge in [0.05, 0.1) is 5.60 Å². The maximum atomic E-state index is 11.9. The summed E-state index contributed by atoms with van der Waals surface area (Å²) in [5, 5.41) is 13.4. The highest BCUT2D eigenvalue weighted by atomic mass is 32.2. The van der Waals surface area contributed by atoms with Crippen molar-refractivity contribution in [1.82, 2.24) is 5.32 Å². The van der Waals surface area contributed by atoms with Crippen LogP contribution in [0.4, 0.5) is 0 Å². The lowest BCUT2D eigenvalue weighted by Crippen LogP contribution is -2.45. The number of amides is 1. The Morgan fingerprint density at radius 2 is 1.89 bits per heavy atom. The van der Waals surface area contributed by atoms with Gasteiger partial charge in [0.1, 0.15) is 0 Å². The number of carbonyl (C=O) groups is 1. The lowest BCUT2D eigenvalue weighted by molar-refractivity contribution is -0.123. The summed E-state index contributed by atoms with van der Waals surface area (Å²) in [5.41, 5.74) is -0.648. The van der Waals surface area contributed by atoms with E-state index in [0.29, 0.717) is 18.9 Å². The minimum atomic E-state index is -0.648. The van der Waals surface area contributed by atoms with Crippen molar-refractivity contribution in [3.63, 3.8) is 0 Å². The van der Waals surface area contributed by atoms with Crippen LogP contribution < -0.4 is 5.32 Å². The van der Waals surface area contributed by atoms with E-state index in [4.69, 9.17) is 0 Å². The van der Waals surface area contributed by atoms with E-state index in [1.165, 1.54) is 24.3 Å². The van der Waals surface area contributed by atoms with Crippen LogP contribution in [0.3, 0.4) is 0 Å². The van der Waals surface area contributed by atoms with Crippen LogP contribution in [0.1, 0.15) is 51.9 Å². The van der Waals surface area contributed by atoms with Gasteiger partial charge in [-0.15, -0.1) is 0 Å². The number of hydrogen-bond donors (Lipinski definition) is 2. The predicted octanol–water partition coefficient (Wildman–Crippen LogP) is 2.58. The molecule has 1 amide bonds. The minimum Gasteiger partial charge on any atom is -0.388 e. The second-order valence-corrected chi connectivity index (χ2v) is 7.67. The molecule has 0 radical (unpaired) electrons. The van der Waals surface area contributed by atoms with Crippen molar-refractivity contribution in [2.24, 2.45) is 11.8 Å². The third kappa shape index (κ3) is 4.99.